The molecule has 3 aromatic rings. The number of para-hydroxylation sites is 1. The third kappa shape index (κ3) is 1.18. The summed E-state index contributed by atoms with van der Waals surface area (Å²) in [5.74, 6) is 1.00. The van der Waals surface area contributed by atoms with E-state index < -0.39 is 0 Å². The Hall–Kier alpha value is -2.29. The van der Waals surface area contributed by atoms with Crippen molar-refractivity contribution in [1.29, 1.82) is 0 Å². The fourth-order valence-corrected chi connectivity index (χ4v) is 1.93. The van der Waals surface area contributed by atoms with Crippen LogP contribution in [0.1, 0.15) is 0 Å². The van der Waals surface area contributed by atoms with Gasteiger partial charge in [0.15, 0.2) is 0 Å². The molecule has 0 fully saturated rings. The second-order valence-corrected chi connectivity index (χ2v) is 3.56. The van der Waals surface area contributed by atoms with Crippen LogP contribution in [0.3, 0.4) is 0 Å². The summed E-state index contributed by atoms with van der Waals surface area (Å²) in [6, 6.07) is 12.2. The molecule has 0 saturated carbocycles. The van der Waals surface area contributed by atoms with Gasteiger partial charge in [0.1, 0.15) is 5.82 Å². The Labute approximate surface area is 93.2 Å². The lowest BCUT2D eigenvalue weighted by Crippen LogP contribution is -2.00. The number of fused-ring (bicyclic) bond motifs is 1. The van der Waals surface area contributed by atoms with Crippen LogP contribution >= 0.6 is 0 Å². The Kier molecular flexibility index (Phi) is 1.90. The monoisotopic (exact) mass is 209 g/mol. The van der Waals surface area contributed by atoms with Crippen molar-refractivity contribution in [2.45, 2.75) is 0 Å². The first-order chi connectivity index (χ1) is 7.90. The lowest BCUT2D eigenvalue weighted by Gasteiger charge is -2.03. The average molecular weight is 209 g/mol. The zero-order chi connectivity index (χ0) is 11.0. The summed E-state index contributed by atoms with van der Waals surface area (Å²) in [7, 11) is 0. The van der Waals surface area contributed by atoms with Gasteiger partial charge in [-0.25, -0.2) is 4.68 Å². The summed E-state index contributed by atoms with van der Waals surface area (Å²) in [4.78, 5) is 0. The summed E-state index contributed by atoms with van der Waals surface area (Å²) >= 11 is 0. The topological polar surface area (TPSA) is 22.8 Å². The smallest absolute Gasteiger partial charge is 0.139 e. The van der Waals surface area contributed by atoms with Crippen molar-refractivity contribution in [2.75, 3.05) is 0 Å². The summed E-state index contributed by atoms with van der Waals surface area (Å²) in [5, 5.41) is 5.43. The highest BCUT2D eigenvalue weighted by molar-refractivity contribution is 5.85. The first kappa shape index (κ1) is 8.97. The van der Waals surface area contributed by atoms with Crippen LogP contribution in [0, 0.1) is 0 Å². The van der Waals surface area contributed by atoms with Gasteiger partial charge in [0.2, 0.25) is 0 Å². The van der Waals surface area contributed by atoms with Crippen molar-refractivity contribution in [3.05, 3.63) is 55.4 Å². The van der Waals surface area contributed by atoms with Crippen molar-refractivity contribution < 1.29 is 0 Å². The van der Waals surface area contributed by atoms with Crippen LogP contribution in [0.15, 0.2) is 55.4 Å². The van der Waals surface area contributed by atoms with Crippen LogP contribution in [0.4, 0.5) is 0 Å². The van der Waals surface area contributed by atoms with Gasteiger partial charge >= 0.3 is 0 Å². The fraction of sp³-hybridized carbons (Fsp3) is 0. The van der Waals surface area contributed by atoms with E-state index in [0.29, 0.717) is 0 Å². The van der Waals surface area contributed by atoms with Crippen LogP contribution < -0.4 is 0 Å². The van der Waals surface area contributed by atoms with E-state index in [0.717, 1.165) is 11.3 Å². The second-order valence-electron chi connectivity index (χ2n) is 3.56. The minimum atomic E-state index is 1.00. The largest absolute Gasteiger partial charge is 0.302 e. The Morgan fingerprint density at radius 3 is 2.81 bits per heavy atom. The van der Waals surface area contributed by atoms with E-state index in [4.69, 9.17) is 0 Å². The Morgan fingerprint density at radius 1 is 1.19 bits per heavy atom. The molecule has 0 amide bonds. The Bertz CT molecular complexity index is 632. The Balaban J connectivity index is 2.37. The van der Waals surface area contributed by atoms with E-state index in [1.165, 1.54) is 5.39 Å². The first-order valence-corrected chi connectivity index (χ1v) is 5.13. The SMILES string of the molecule is C=Cn1c(-n2cccn2)cc2ccccc21. The lowest BCUT2D eigenvalue weighted by molar-refractivity contribution is 0.836. The highest BCUT2D eigenvalue weighted by Crippen LogP contribution is 2.22. The van der Waals surface area contributed by atoms with Crippen molar-refractivity contribution in [2.24, 2.45) is 0 Å². The second kappa shape index (κ2) is 3.38. The van der Waals surface area contributed by atoms with Gasteiger partial charge in [-0.2, -0.15) is 5.10 Å². The number of hydrogen-bond donors (Lipinski definition) is 0. The summed E-state index contributed by atoms with van der Waals surface area (Å²) in [5.41, 5.74) is 1.14. The minimum Gasteiger partial charge on any atom is -0.302 e. The predicted molar refractivity (Wildman–Crippen MR) is 65.4 cm³/mol. The van der Waals surface area contributed by atoms with E-state index in [2.05, 4.69) is 29.9 Å². The number of aromatic nitrogens is 3. The van der Waals surface area contributed by atoms with Crippen molar-refractivity contribution in [1.82, 2.24) is 14.3 Å². The van der Waals surface area contributed by atoms with Crippen LogP contribution in [0.5, 0.6) is 0 Å². The third-order valence-corrected chi connectivity index (χ3v) is 2.65. The lowest BCUT2D eigenvalue weighted by atomic mass is 10.2. The molecule has 0 atom stereocenters. The van der Waals surface area contributed by atoms with Gasteiger partial charge in [0.25, 0.3) is 0 Å². The highest BCUT2D eigenvalue weighted by Gasteiger charge is 2.07. The molecular formula is C13H11N3. The van der Waals surface area contributed by atoms with Crippen LogP contribution in [-0.2, 0) is 0 Å². The maximum atomic E-state index is 4.24. The van der Waals surface area contributed by atoms with E-state index in [1.807, 2.05) is 33.6 Å². The number of nitrogens with zero attached hydrogens (tertiary/aromatic N) is 3. The third-order valence-electron chi connectivity index (χ3n) is 2.65. The molecule has 78 valence electrons. The zero-order valence-corrected chi connectivity index (χ0v) is 8.74. The van der Waals surface area contributed by atoms with Crippen LogP contribution in [-0.4, -0.2) is 14.3 Å². The maximum absolute atomic E-state index is 4.24. The van der Waals surface area contributed by atoms with Crippen molar-refractivity contribution in [3.63, 3.8) is 0 Å². The first-order valence-electron chi connectivity index (χ1n) is 5.13. The molecule has 0 N–H and O–H groups in total. The number of hydrogen-bond acceptors (Lipinski definition) is 1. The van der Waals surface area contributed by atoms with E-state index in [1.54, 1.807) is 12.4 Å². The predicted octanol–water partition coefficient (Wildman–Crippen LogP) is 2.93. The molecule has 0 bridgehead atoms. The van der Waals surface area contributed by atoms with E-state index in [-0.39, 0.29) is 0 Å². The van der Waals surface area contributed by atoms with Gasteiger partial charge in [-0.05, 0) is 18.2 Å². The zero-order valence-electron chi connectivity index (χ0n) is 8.74. The maximum Gasteiger partial charge on any atom is 0.139 e. The molecule has 3 nitrogen and oxygen atoms in total. The molecule has 0 unspecified atom stereocenters. The number of rotatable bonds is 2. The van der Waals surface area contributed by atoms with Gasteiger partial charge in [0, 0.05) is 24.0 Å². The van der Waals surface area contributed by atoms with Gasteiger partial charge in [0.05, 0.1) is 5.52 Å². The molecule has 3 heteroatoms. The Morgan fingerprint density at radius 2 is 2.06 bits per heavy atom. The summed E-state index contributed by atoms with van der Waals surface area (Å²) in [6.07, 6.45) is 5.50. The molecule has 0 radical (unpaired) electrons. The molecule has 16 heavy (non-hydrogen) atoms. The number of benzene rings is 1. The highest BCUT2D eigenvalue weighted by atomic mass is 15.3. The van der Waals surface area contributed by atoms with Crippen LogP contribution in [0.25, 0.3) is 22.9 Å². The fourth-order valence-electron chi connectivity index (χ4n) is 1.93. The van der Waals surface area contributed by atoms with Crippen molar-refractivity contribution >= 4 is 17.1 Å². The summed E-state index contributed by atoms with van der Waals surface area (Å²) in [6.45, 7) is 3.85. The molecule has 0 saturated heterocycles. The quantitative estimate of drug-likeness (QED) is 0.636. The average Bonchev–Trinajstić information content (AvgIpc) is 2.95. The molecular weight excluding hydrogens is 198 g/mol. The molecule has 2 heterocycles. The molecule has 0 aliphatic heterocycles. The molecule has 2 aromatic heterocycles. The van der Waals surface area contributed by atoms with E-state index in [9.17, 15) is 0 Å². The minimum absolute atomic E-state index is 1.00. The molecule has 0 aliphatic carbocycles. The summed E-state index contributed by atoms with van der Waals surface area (Å²) < 4.78 is 3.87. The van der Waals surface area contributed by atoms with E-state index >= 15 is 0 Å². The van der Waals surface area contributed by atoms with Gasteiger partial charge in [-0.15, -0.1) is 0 Å². The normalized spacial score (nSPS) is 10.8. The van der Waals surface area contributed by atoms with Gasteiger partial charge < -0.3 is 4.57 Å². The van der Waals surface area contributed by atoms with Crippen molar-refractivity contribution in [3.8, 4) is 5.82 Å². The molecule has 0 aliphatic rings. The standard InChI is InChI=1S/C13H11N3/c1-2-15-12-7-4-3-6-11(12)10-13(15)16-9-5-8-14-16/h2-10H,1H2. The van der Waals surface area contributed by atoms with Gasteiger partial charge in [-0.3, -0.25) is 0 Å². The van der Waals surface area contributed by atoms with Gasteiger partial charge in [-0.1, -0.05) is 24.8 Å². The molecule has 1 aromatic carbocycles. The molecule has 3 rings (SSSR count). The molecule has 0 spiro atoms. The van der Waals surface area contributed by atoms with Crippen LogP contribution in [0.2, 0.25) is 0 Å².